The number of allylic oxidation sites excluding steroid dienone is 2. The van der Waals surface area contributed by atoms with Gasteiger partial charge in [0.2, 0.25) is 0 Å². The third-order valence-corrected chi connectivity index (χ3v) is 3.71. The quantitative estimate of drug-likeness (QED) is 0.584. The summed E-state index contributed by atoms with van der Waals surface area (Å²) in [6.07, 6.45) is 2.42. The summed E-state index contributed by atoms with van der Waals surface area (Å²) in [5.74, 6) is 0.867. The number of ether oxygens (including phenoxy) is 1. The summed E-state index contributed by atoms with van der Waals surface area (Å²) in [5, 5.41) is 0. The second kappa shape index (κ2) is 6.05. The molecular formula is C19H28O2. The lowest BCUT2D eigenvalue weighted by molar-refractivity contribution is -0.104. The smallest absolute Gasteiger partial charge is 0.143 e. The first kappa shape index (κ1) is 17.5. The van der Waals surface area contributed by atoms with E-state index in [4.69, 9.17) is 4.74 Å². The average molecular weight is 288 g/mol. The molecule has 0 fully saturated rings. The molecule has 0 aliphatic heterocycles. The summed E-state index contributed by atoms with van der Waals surface area (Å²) < 4.78 is 5.68. The zero-order valence-electron chi connectivity index (χ0n) is 14.6. The van der Waals surface area contributed by atoms with Gasteiger partial charge in [-0.25, -0.2) is 0 Å². The van der Waals surface area contributed by atoms with Gasteiger partial charge in [0, 0.05) is 11.1 Å². The summed E-state index contributed by atoms with van der Waals surface area (Å²) in [4.78, 5) is 10.8. The molecule has 0 spiro atoms. The Bertz CT molecular complexity index is 552. The van der Waals surface area contributed by atoms with Crippen LogP contribution in [0.15, 0.2) is 18.2 Å². The number of hydrogen-bond donors (Lipinski definition) is 0. The molecule has 0 bridgehead atoms. The van der Waals surface area contributed by atoms with Crippen LogP contribution >= 0.6 is 0 Å². The van der Waals surface area contributed by atoms with Crippen LogP contribution in [-0.2, 0) is 15.6 Å². The number of aldehydes is 1. The lowest BCUT2D eigenvalue weighted by Crippen LogP contribution is -2.18. The summed E-state index contributed by atoms with van der Waals surface area (Å²) in [7, 11) is 1.69. The van der Waals surface area contributed by atoms with E-state index < -0.39 is 0 Å². The monoisotopic (exact) mass is 288 g/mol. The maximum absolute atomic E-state index is 10.8. The summed E-state index contributed by atoms with van der Waals surface area (Å²) in [5.41, 5.74) is 4.37. The van der Waals surface area contributed by atoms with Gasteiger partial charge in [0.15, 0.2) is 0 Å². The molecule has 2 nitrogen and oxygen atoms in total. The molecule has 1 aromatic rings. The van der Waals surface area contributed by atoms with Crippen LogP contribution in [0.3, 0.4) is 0 Å². The van der Waals surface area contributed by atoms with Gasteiger partial charge in [0.05, 0.1) is 7.11 Å². The van der Waals surface area contributed by atoms with Crippen molar-refractivity contribution in [3.63, 3.8) is 0 Å². The van der Waals surface area contributed by atoms with E-state index in [1.165, 1.54) is 11.1 Å². The van der Waals surface area contributed by atoms with Gasteiger partial charge in [-0.3, -0.25) is 4.79 Å². The van der Waals surface area contributed by atoms with Crippen LogP contribution in [0, 0.1) is 0 Å². The van der Waals surface area contributed by atoms with Crippen molar-refractivity contribution < 1.29 is 9.53 Å². The minimum atomic E-state index is -0.0250. The van der Waals surface area contributed by atoms with E-state index in [1.54, 1.807) is 13.2 Å². The fourth-order valence-corrected chi connectivity index (χ4v) is 2.32. The molecule has 1 aromatic carbocycles. The molecule has 2 heteroatoms. The zero-order valence-corrected chi connectivity index (χ0v) is 14.6. The molecule has 0 radical (unpaired) electrons. The van der Waals surface area contributed by atoms with Gasteiger partial charge in [-0.05, 0) is 41.0 Å². The van der Waals surface area contributed by atoms with Crippen molar-refractivity contribution in [2.75, 3.05) is 7.11 Å². The standard InChI is InChI=1S/C19H28O2/c1-13(9-10-20)15-11-14(18(2,3)4)12-16(17(15)21-8)19(5,6)7/h9-12H,1-8H3/b13-9-. The third-order valence-electron chi connectivity index (χ3n) is 3.71. The minimum absolute atomic E-state index is 0.0250. The zero-order chi connectivity index (χ0) is 16.4. The van der Waals surface area contributed by atoms with Crippen LogP contribution in [0.1, 0.15) is 65.2 Å². The largest absolute Gasteiger partial charge is 0.496 e. The highest BCUT2D eigenvalue weighted by atomic mass is 16.5. The van der Waals surface area contributed by atoms with Gasteiger partial charge in [-0.2, -0.15) is 0 Å². The third kappa shape index (κ3) is 3.96. The molecule has 1 rings (SSSR count). The second-order valence-electron chi connectivity index (χ2n) is 7.59. The summed E-state index contributed by atoms with van der Waals surface area (Å²) >= 11 is 0. The number of carbonyl (C=O) groups excluding carboxylic acids is 1. The topological polar surface area (TPSA) is 26.3 Å². The molecule has 0 atom stereocenters. The molecule has 0 N–H and O–H groups in total. The Morgan fingerprint density at radius 1 is 1.05 bits per heavy atom. The van der Waals surface area contributed by atoms with Crippen LogP contribution in [-0.4, -0.2) is 13.4 Å². The SMILES string of the molecule is COc1c(/C(C)=C\C=O)cc(C(C)(C)C)cc1C(C)(C)C. The number of hydrogen-bond acceptors (Lipinski definition) is 2. The molecule has 21 heavy (non-hydrogen) atoms. The Morgan fingerprint density at radius 2 is 1.62 bits per heavy atom. The van der Waals surface area contributed by atoms with Crippen LogP contribution < -0.4 is 4.74 Å². The highest BCUT2D eigenvalue weighted by molar-refractivity contribution is 5.83. The maximum Gasteiger partial charge on any atom is 0.143 e. The van der Waals surface area contributed by atoms with Crippen LogP contribution in [0.2, 0.25) is 0 Å². The minimum Gasteiger partial charge on any atom is -0.496 e. The van der Waals surface area contributed by atoms with Crippen LogP contribution in [0.4, 0.5) is 0 Å². The lowest BCUT2D eigenvalue weighted by atomic mass is 9.78. The van der Waals surface area contributed by atoms with Gasteiger partial charge in [-0.1, -0.05) is 47.6 Å². The second-order valence-corrected chi connectivity index (χ2v) is 7.59. The van der Waals surface area contributed by atoms with Crippen LogP contribution in [0.5, 0.6) is 5.75 Å². The van der Waals surface area contributed by atoms with Crippen molar-refractivity contribution in [3.8, 4) is 5.75 Å². The summed E-state index contributed by atoms with van der Waals surface area (Å²) in [6.45, 7) is 15.1. The first-order valence-electron chi connectivity index (χ1n) is 7.37. The van der Waals surface area contributed by atoms with Crippen molar-refractivity contribution in [2.24, 2.45) is 0 Å². The van der Waals surface area contributed by atoms with Crippen molar-refractivity contribution >= 4 is 11.9 Å². The molecule has 0 amide bonds. The number of carbonyl (C=O) groups is 1. The average Bonchev–Trinajstić information content (AvgIpc) is 2.35. The first-order valence-corrected chi connectivity index (χ1v) is 7.37. The summed E-state index contributed by atoms with van der Waals surface area (Å²) in [6, 6.07) is 4.37. The molecule has 0 aliphatic carbocycles. The Balaban J connectivity index is 3.76. The Labute approximate surface area is 129 Å². The Hall–Kier alpha value is -1.57. The molecule has 0 saturated heterocycles. The van der Waals surface area contributed by atoms with E-state index >= 15 is 0 Å². The normalized spacial score (nSPS) is 13.2. The van der Waals surface area contributed by atoms with E-state index in [1.807, 2.05) is 6.92 Å². The molecule has 0 saturated carbocycles. The van der Waals surface area contributed by atoms with Gasteiger partial charge in [0.1, 0.15) is 12.0 Å². The fourth-order valence-electron chi connectivity index (χ4n) is 2.32. The number of benzene rings is 1. The predicted molar refractivity (Wildman–Crippen MR) is 90.1 cm³/mol. The van der Waals surface area contributed by atoms with Crippen molar-refractivity contribution in [1.82, 2.24) is 0 Å². The van der Waals surface area contributed by atoms with E-state index in [2.05, 4.69) is 53.7 Å². The number of rotatable bonds is 3. The van der Waals surface area contributed by atoms with Crippen LogP contribution in [0.25, 0.3) is 5.57 Å². The van der Waals surface area contributed by atoms with E-state index in [0.29, 0.717) is 0 Å². The Morgan fingerprint density at radius 3 is 2.00 bits per heavy atom. The highest BCUT2D eigenvalue weighted by Gasteiger charge is 2.26. The van der Waals surface area contributed by atoms with Crippen molar-refractivity contribution in [2.45, 2.75) is 59.3 Å². The van der Waals surface area contributed by atoms with E-state index in [0.717, 1.165) is 23.2 Å². The fraction of sp³-hybridized carbons (Fsp3) is 0.526. The molecule has 0 aliphatic rings. The van der Waals surface area contributed by atoms with Crippen molar-refractivity contribution in [1.29, 1.82) is 0 Å². The van der Waals surface area contributed by atoms with Crippen molar-refractivity contribution in [3.05, 3.63) is 34.9 Å². The molecule has 0 unspecified atom stereocenters. The molecule has 0 aromatic heterocycles. The van der Waals surface area contributed by atoms with Gasteiger partial charge >= 0.3 is 0 Å². The number of methoxy groups -OCH3 is 1. The molecular weight excluding hydrogens is 260 g/mol. The van der Waals surface area contributed by atoms with E-state index in [9.17, 15) is 4.79 Å². The van der Waals surface area contributed by atoms with Gasteiger partial charge in [-0.15, -0.1) is 0 Å². The first-order chi connectivity index (χ1) is 9.52. The molecule has 116 valence electrons. The van der Waals surface area contributed by atoms with E-state index in [-0.39, 0.29) is 10.8 Å². The van der Waals surface area contributed by atoms with Gasteiger partial charge < -0.3 is 4.74 Å². The maximum atomic E-state index is 10.8. The van der Waals surface area contributed by atoms with Gasteiger partial charge in [0.25, 0.3) is 0 Å². The molecule has 0 heterocycles. The predicted octanol–water partition coefficient (Wildman–Crippen LogP) is 4.89. The Kier molecular flexibility index (Phi) is 5.03. The lowest BCUT2D eigenvalue weighted by Gasteiger charge is -2.29. The highest BCUT2D eigenvalue weighted by Crippen LogP contribution is 2.40.